The van der Waals surface area contributed by atoms with Crippen molar-refractivity contribution in [2.45, 2.75) is 46.4 Å². The Morgan fingerprint density at radius 2 is 1.86 bits per heavy atom. The Morgan fingerprint density at radius 1 is 1.07 bits per heavy atom. The predicted octanol–water partition coefficient (Wildman–Crippen LogP) is 2.90. The molecule has 1 fully saturated rings. The average Bonchev–Trinajstić information content (AvgIpc) is 3.04. The van der Waals surface area contributed by atoms with E-state index >= 15 is 0 Å². The van der Waals surface area contributed by atoms with Crippen LogP contribution >= 0.6 is 0 Å². The van der Waals surface area contributed by atoms with Crippen molar-refractivity contribution < 1.29 is 4.74 Å². The van der Waals surface area contributed by atoms with Gasteiger partial charge in [0.2, 0.25) is 0 Å². The molecule has 2 atom stereocenters. The third-order valence-electron chi connectivity index (χ3n) is 4.87. The van der Waals surface area contributed by atoms with Crippen LogP contribution in [0.3, 0.4) is 0 Å². The lowest BCUT2D eigenvalue weighted by molar-refractivity contribution is -0.00545. The van der Waals surface area contributed by atoms with E-state index in [-0.39, 0.29) is 12.2 Å². The smallest absolute Gasteiger partial charge is 0.174 e. The molecule has 0 aliphatic carbocycles. The molecular formula is C21H27N7O. The number of nitrogens with zero attached hydrogens (tertiary/aromatic N) is 6. The van der Waals surface area contributed by atoms with E-state index in [2.05, 4.69) is 56.2 Å². The maximum atomic E-state index is 5.80. The fourth-order valence-electron chi connectivity index (χ4n) is 3.67. The minimum absolute atomic E-state index is 0.218. The molecule has 1 N–H and O–H groups in total. The van der Waals surface area contributed by atoms with Crippen LogP contribution in [0.4, 0.5) is 11.6 Å². The summed E-state index contributed by atoms with van der Waals surface area (Å²) in [6.07, 6.45) is 5.77. The van der Waals surface area contributed by atoms with E-state index in [0.29, 0.717) is 18.2 Å². The second-order valence-electron chi connectivity index (χ2n) is 7.64. The van der Waals surface area contributed by atoms with Gasteiger partial charge in [0, 0.05) is 31.5 Å². The normalized spacial score (nSPS) is 19.4. The van der Waals surface area contributed by atoms with Gasteiger partial charge >= 0.3 is 0 Å². The molecule has 8 nitrogen and oxygen atoms in total. The summed E-state index contributed by atoms with van der Waals surface area (Å²) in [4.78, 5) is 15.8. The molecule has 2 unspecified atom stereocenters. The van der Waals surface area contributed by atoms with Crippen LogP contribution in [0.25, 0.3) is 5.82 Å². The quantitative estimate of drug-likeness (QED) is 0.714. The fraction of sp³-hybridized carbons (Fsp3) is 0.429. The predicted molar refractivity (Wildman–Crippen MR) is 112 cm³/mol. The molecule has 0 saturated carbocycles. The van der Waals surface area contributed by atoms with Crippen molar-refractivity contribution in [1.29, 1.82) is 0 Å². The van der Waals surface area contributed by atoms with Crippen molar-refractivity contribution in [2.75, 3.05) is 23.3 Å². The summed E-state index contributed by atoms with van der Waals surface area (Å²) in [5.74, 6) is 2.39. The Labute approximate surface area is 171 Å². The summed E-state index contributed by atoms with van der Waals surface area (Å²) in [5.41, 5.74) is 3.07. The van der Waals surface area contributed by atoms with E-state index in [0.717, 1.165) is 35.9 Å². The van der Waals surface area contributed by atoms with E-state index < -0.39 is 0 Å². The third-order valence-corrected chi connectivity index (χ3v) is 4.87. The summed E-state index contributed by atoms with van der Waals surface area (Å²) in [6, 6.07) is 6.18. The van der Waals surface area contributed by atoms with Crippen molar-refractivity contribution in [2.24, 2.45) is 0 Å². The molecule has 29 heavy (non-hydrogen) atoms. The highest BCUT2D eigenvalue weighted by Gasteiger charge is 2.22. The van der Waals surface area contributed by atoms with Gasteiger partial charge in [-0.2, -0.15) is 5.10 Å². The number of anilines is 2. The Bertz CT molecular complexity index is 959. The molecule has 0 radical (unpaired) electrons. The Morgan fingerprint density at radius 3 is 2.52 bits per heavy atom. The van der Waals surface area contributed by atoms with Gasteiger partial charge in [0.05, 0.1) is 30.3 Å². The van der Waals surface area contributed by atoms with Gasteiger partial charge in [0.25, 0.3) is 0 Å². The van der Waals surface area contributed by atoms with Gasteiger partial charge in [-0.3, -0.25) is 4.98 Å². The molecule has 0 aromatic carbocycles. The van der Waals surface area contributed by atoms with Crippen molar-refractivity contribution in [3.8, 4) is 5.82 Å². The van der Waals surface area contributed by atoms with Gasteiger partial charge in [0.1, 0.15) is 11.6 Å². The van der Waals surface area contributed by atoms with Gasteiger partial charge in [0.15, 0.2) is 5.82 Å². The fourth-order valence-corrected chi connectivity index (χ4v) is 3.67. The molecule has 0 spiro atoms. The maximum Gasteiger partial charge on any atom is 0.174 e. The van der Waals surface area contributed by atoms with Crippen LogP contribution in [0.1, 0.15) is 30.8 Å². The molecule has 4 heterocycles. The molecule has 152 valence electrons. The molecule has 3 aromatic heterocycles. The minimum Gasteiger partial charge on any atom is -0.372 e. The van der Waals surface area contributed by atoms with Crippen LogP contribution in [0, 0.1) is 13.8 Å². The zero-order valence-corrected chi connectivity index (χ0v) is 17.3. The first kappa shape index (κ1) is 19.3. The summed E-state index contributed by atoms with van der Waals surface area (Å²) in [7, 11) is 0. The number of pyridine rings is 1. The summed E-state index contributed by atoms with van der Waals surface area (Å²) in [6.45, 7) is 10.5. The van der Waals surface area contributed by atoms with Gasteiger partial charge < -0.3 is 15.0 Å². The number of hydrogen-bond acceptors (Lipinski definition) is 7. The van der Waals surface area contributed by atoms with E-state index in [4.69, 9.17) is 4.74 Å². The average molecular weight is 393 g/mol. The van der Waals surface area contributed by atoms with Crippen molar-refractivity contribution in [3.63, 3.8) is 0 Å². The lowest BCUT2D eigenvalue weighted by Crippen LogP contribution is -2.45. The molecule has 0 bridgehead atoms. The van der Waals surface area contributed by atoms with Crippen LogP contribution < -0.4 is 10.2 Å². The Hall–Kier alpha value is -3.00. The molecule has 3 aromatic rings. The highest BCUT2D eigenvalue weighted by molar-refractivity contribution is 5.42. The van der Waals surface area contributed by atoms with Crippen LogP contribution in [-0.4, -0.2) is 50.0 Å². The minimum atomic E-state index is 0.218. The van der Waals surface area contributed by atoms with Crippen LogP contribution in [0.5, 0.6) is 0 Å². The number of ether oxygens (including phenoxy) is 1. The van der Waals surface area contributed by atoms with Gasteiger partial charge in [-0.25, -0.2) is 14.6 Å². The first-order valence-electron chi connectivity index (χ1n) is 9.93. The molecular weight excluding hydrogens is 366 g/mol. The highest BCUT2D eigenvalue weighted by atomic mass is 16.5. The van der Waals surface area contributed by atoms with E-state index in [1.54, 1.807) is 17.1 Å². The number of aromatic nitrogens is 5. The number of aryl methyl sites for hydroxylation is 2. The molecule has 1 saturated heterocycles. The van der Waals surface area contributed by atoms with Crippen LogP contribution in [0.2, 0.25) is 0 Å². The first-order chi connectivity index (χ1) is 14.0. The molecule has 8 heteroatoms. The van der Waals surface area contributed by atoms with Crippen LogP contribution in [-0.2, 0) is 11.3 Å². The maximum absolute atomic E-state index is 5.80. The van der Waals surface area contributed by atoms with Gasteiger partial charge in [-0.15, -0.1) is 0 Å². The van der Waals surface area contributed by atoms with Gasteiger partial charge in [-0.1, -0.05) is 6.07 Å². The zero-order chi connectivity index (χ0) is 20.4. The van der Waals surface area contributed by atoms with E-state index in [9.17, 15) is 0 Å². The zero-order valence-electron chi connectivity index (χ0n) is 17.3. The van der Waals surface area contributed by atoms with Crippen LogP contribution in [0.15, 0.2) is 36.8 Å². The van der Waals surface area contributed by atoms with Crippen molar-refractivity contribution >= 4 is 11.6 Å². The first-order valence-corrected chi connectivity index (χ1v) is 9.93. The van der Waals surface area contributed by atoms with Crippen molar-refractivity contribution in [1.82, 2.24) is 24.7 Å². The molecule has 1 aliphatic heterocycles. The lowest BCUT2D eigenvalue weighted by atomic mass is 10.2. The van der Waals surface area contributed by atoms with Crippen molar-refractivity contribution in [3.05, 3.63) is 53.7 Å². The third kappa shape index (κ3) is 4.54. The molecule has 0 amide bonds. The van der Waals surface area contributed by atoms with E-state index in [1.807, 2.05) is 26.1 Å². The molecule has 1 aliphatic rings. The summed E-state index contributed by atoms with van der Waals surface area (Å²) >= 11 is 0. The number of hydrogen-bond donors (Lipinski definition) is 1. The summed E-state index contributed by atoms with van der Waals surface area (Å²) < 4.78 is 7.60. The largest absolute Gasteiger partial charge is 0.372 e. The highest BCUT2D eigenvalue weighted by Crippen LogP contribution is 2.19. The topological polar surface area (TPSA) is 81.0 Å². The van der Waals surface area contributed by atoms with E-state index in [1.165, 1.54) is 0 Å². The number of nitrogens with one attached hydrogen (secondary N) is 1. The summed E-state index contributed by atoms with van der Waals surface area (Å²) in [5, 5.41) is 7.79. The number of morpholine rings is 1. The Kier molecular flexibility index (Phi) is 5.44. The second-order valence-corrected chi connectivity index (χ2v) is 7.64. The molecule has 4 rings (SSSR count). The Balaban J connectivity index is 1.41. The number of rotatable bonds is 5. The lowest BCUT2D eigenvalue weighted by Gasteiger charge is -2.36. The SMILES string of the molecule is Cc1cc(C)n(-c2cncc(NCc3ccc(N4CC(C)OC(C)C4)nc3)n2)n1. The van der Waals surface area contributed by atoms with Gasteiger partial charge in [-0.05, 0) is 45.4 Å². The monoisotopic (exact) mass is 393 g/mol. The second kappa shape index (κ2) is 8.16. The standard InChI is InChI=1S/C21H27N7O/c1-14-7-15(2)28(26-14)21-11-22-10-19(25-21)23-8-18-5-6-20(24-9-18)27-12-16(3)29-17(4)13-27/h5-7,9-11,16-17H,8,12-13H2,1-4H3,(H,23,25).